The molecule has 2 aliphatic heterocycles. The maximum Gasteiger partial charge on any atom is 0.408 e. The van der Waals surface area contributed by atoms with Crippen molar-refractivity contribution in [3.63, 3.8) is 0 Å². The number of fused-ring (bicyclic) bond motifs is 1. The van der Waals surface area contributed by atoms with Crippen molar-refractivity contribution in [2.75, 3.05) is 31.6 Å². The zero-order chi connectivity index (χ0) is 23.9. The number of aromatic amines is 1. The van der Waals surface area contributed by atoms with Crippen LogP contribution in [0.25, 0.3) is 10.9 Å². The second-order valence-corrected chi connectivity index (χ2v) is 9.20. The standard InChI is InChI=1S/C24H28F3N5O2/c1-15-9-13-34-14-19(15)32-18-8-10-28-23(33)20(18)22(30-32)29-17-6-4-16(5-7-17)21(24(25,26)27)31-11-2-3-12-31/h4-8,10,15,19,21H,2-3,9,11-14H2,1H3,(H,28,33)(H,29,30)/t15-,19-,21?/m0/s1. The second kappa shape index (κ2) is 9.07. The van der Waals surface area contributed by atoms with Crippen LogP contribution in [0.2, 0.25) is 0 Å². The normalized spacial score (nSPS) is 22.8. The van der Waals surface area contributed by atoms with Crippen molar-refractivity contribution in [1.29, 1.82) is 0 Å². The quantitative estimate of drug-likeness (QED) is 0.556. The molecule has 10 heteroatoms. The number of halogens is 3. The van der Waals surface area contributed by atoms with Gasteiger partial charge in [-0.2, -0.15) is 18.3 Å². The van der Waals surface area contributed by atoms with E-state index in [0.717, 1.165) is 19.3 Å². The van der Waals surface area contributed by atoms with Crippen LogP contribution in [-0.2, 0) is 4.74 Å². The van der Waals surface area contributed by atoms with Crippen LogP contribution < -0.4 is 10.9 Å². The number of aromatic nitrogens is 3. The van der Waals surface area contributed by atoms with Crippen molar-refractivity contribution in [3.8, 4) is 0 Å². The van der Waals surface area contributed by atoms with Crippen LogP contribution in [0, 0.1) is 5.92 Å². The van der Waals surface area contributed by atoms with Crippen LogP contribution in [0.3, 0.4) is 0 Å². The molecule has 2 aliphatic rings. The average molecular weight is 476 g/mol. The second-order valence-electron chi connectivity index (χ2n) is 9.20. The third kappa shape index (κ3) is 4.32. The summed E-state index contributed by atoms with van der Waals surface area (Å²) >= 11 is 0. The van der Waals surface area contributed by atoms with Crippen LogP contribution in [0.1, 0.15) is 43.8 Å². The molecule has 0 amide bonds. The van der Waals surface area contributed by atoms with Crippen LogP contribution in [0.5, 0.6) is 0 Å². The largest absolute Gasteiger partial charge is 0.408 e. The van der Waals surface area contributed by atoms with Crippen molar-refractivity contribution in [2.45, 2.75) is 44.4 Å². The number of pyridine rings is 1. The molecule has 2 N–H and O–H groups in total. The van der Waals surface area contributed by atoms with Gasteiger partial charge in [0.25, 0.3) is 5.56 Å². The van der Waals surface area contributed by atoms with Gasteiger partial charge in [-0.05, 0) is 62.0 Å². The minimum Gasteiger partial charge on any atom is -0.379 e. The highest BCUT2D eigenvalue weighted by atomic mass is 19.4. The number of nitrogens with zero attached hydrogens (tertiary/aromatic N) is 3. The summed E-state index contributed by atoms with van der Waals surface area (Å²) in [6.07, 6.45) is -0.301. The summed E-state index contributed by atoms with van der Waals surface area (Å²) in [5.74, 6) is 0.697. The number of alkyl halides is 3. The highest BCUT2D eigenvalue weighted by Gasteiger charge is 2.45. The van der Waals surface area contributed by atoms with E-state index < -0.39 is 12.2 Å². The Morgan fingerprint density at radius 2 is 1.91 bits per heavy atom. The zero-order valence-corrected chi connectivity index (χ0v) is 18.9. The van der Waals surface area contributed by atoms with Crippen LogP contribution in [-0.4, -0.2) is 52.1 Å². The van der Waals surface area contributed by atoms with E-state index in [4.69, 9.17) is 9.84 Å². The summed E-state index contributed by atoms with van der Waals surface area (Å²) in [5, 5.41) is 8.26. The van der Waals surface area contributed by atoms with Gasteiger partial charge in [0.1, 0.15) is 11.4 Å². The molecule has 1 unspecified atom stereocenters. The van der Waals surface area contributed by atoms with E-state index in [9.17, 15) is 18.0 Å². The molecule has 3 aromatic rings. The number of benzene rings is 1. The number of ether oxygens (including phenoxy) is 1. The summed E-state index contributed by atoms with van der Waals surface area (Å²) < 4.78 is 48.9. The summed E-state index contributed by atoms with van der Waals surface area (Å²) in [5.41, 5.74) is 1.19. The highest BCUT2D eigenvalue weighted by Crippen LogP contribution is 2.40. The lowest BCUT2D eigenvalue weighted by atomic mass is 9.97. The molecule has 2 aromatic heterocycles. The van der Waals surface area contributed by atoms with E-state index >= 15 is 0 Å². The van der Waals surface area contributed by atoms with Crippen molar-refractivity contribution in [2.24, 2.45) is 5.92 Å². The molecule has 0 spiro atoms. The minimum absolute atomic E-state index is 0.0102. The van der Waals surface area contributed by atoms with E-state index in [1.54, 1.807) is 18.3 Å². The first-order chi connectivity index (χ1) is 16.3. The SMILES string of the molecule is C[C@H]1CCOC[C@@H]1n1nc(Nc2ccc(C(N3CCCC3)C(F)(F)F)cc2)c2c(=O)[nH]ccc21. The maximum absolute atomic E-state index is 13.8. The fourth-order valence-electron chi connectivity index (χ4n) is 5.07. The Morgan fingerprint density at radius 1 is 1.18 bits per heavy atom. The number of rotatable bonds is 5. The molecule has 182 valence electrons. The van der Waals surface area contributed by atoms with Crippen molar-refractivity contribution in [1.82, 2.24) is 19.7 Å². The van der Waals surface area contributed by atoms with Gasteiger partial charge in [-0.15, -0.1) is 0 Å². The molecule has 0 radical (unpaired) electrons. The Balaban J connectivity index is 1.46. The minimum atomic E-state index is -4.35. The first kappa shape index (κ1) is 22.9. The third-order valence-electron chi connectivity index (χ3n) is 6.91. The summed E-state index contributed by atoms with van der Waals surface area (Å²) in [6.45, 7) is 4.23. The Kier molecular flexibility index (Phi) is 6.11. The Hall–Kier alpha value is -2.85. The van der Waals surface area contributed by atoms with Gasteiger partial charge in [0.2, 0.25) is 0 Å². The van der Waals surface area contributed by atoms with Gasteiger partial charge in [-0.1, -0.05) is 19.1 Å². The van der Waals surface area contributed by atoms with Crippen LogP contribution in [0.15, 0.2) is 41.3 Å². The smallest absolute Gasteiger partial charge is 0.379 e. The van der Waals surface area contributed by atoms with E-state index in [0.29, 0.717) is 54.6 Å². The molecule has 0 saturated carbocycles. The summed E-state index contributed by atoms with van der Waals surface area (Å²) in [6, 6.07) is 6.41. The number of likely N-dealkylation sites (tertiary alicyclic amines) is 1. The van der Waals surface area contributed by atoms with Gasteiger partial charge in [0.15, 0.2) is 5.82 Å². The molecule has 34 heavy (non-hydrogen) atoms. The van der Waals surface area contributed by atoms with Crippen molar-refractivity contribution >= 4 is 22.4 Å². The van der Waals surface area contributed by atoms with Gasteiger partial charge in [0, 0.05) is 18.5 Å². The molecule has 3 atom stereocenters. The number of nitrogens with one attached hydrogen (secondary N) is 2. The topological polar surface area (TPSA) is 75.2 Å². The predicted octanol–water partition coefficient (Wildman–Crippen LogP) is 4.76. The molecule has 0 bridgehead atoms. The van der Waals surface area contributed by atoms with E-state index in [2.05, 4.69) is 17.2 Å². The van der Waals surface area contributed by atoms with Crippen LogP contribution >= 0.6 is 0 Å². The first-order valence-corrected chi connectivity index (χ1v) is 11.7. The molecular weight excluding hydrogens is 447 g/mol. The first-order valence-electron chi connectivity index (χ1n) is 11.7. The fourth-order valence-corrected chi connectivity index (χ4v) is 5.07. The van der Waals surface area contributed by atoms with Crippen molar-refractivity contribution < 1.29 is 17.9 Å². The molecule has 2 saturated heterocycles. The Morgan fingerprint density at radius 3 is 2.59 bits per heavy atom. The molecule has 1 aromatic carbocycles. The number of H-pyrrole nitrogens is 1. The Labute approximate surface area is 194 Å². The third-order valence-corrected chi connectivity index (χ3v) is 6.91. The lowest BCUT2D eigenvalue weighted by Gasteiger charge is -2.30. The average Bonchev–Trinajstić information content (AvgIpc) is 3.44. The molecule has 0 aliphatic carbocycles. The van der Waals surface area contributed by atoms with Crippen LogP contribution in [0.4, 0.5) is 24.7 Å². The van der Waals surface area contributed by atoms with Gasteiger partial charge in [-0.3, -0.25) is 14.4 Å². The highest BCUT2D eigenvalue weighted by molar-refractivity contribution is 5.91. The number of hydrogen-bond acceptors (Lipinski definition) is 5. The fraction of sp³-hybridized carbons (Fsp3) is 0.500. The summed E-state index contributed by atoms with van der Waals surface area (Å²) in [7, 11) is 0. The monoisotopic (exact) mass is 475 g/mol. The molecule has 5 rings (SSSR count). The zero-order valence-electron chi connectivity index (χ0n) is 18.9. The van der Waals surface area contributed by atoms with Gasteiger partial charge in [0.05, 0.1) is 18.2 Å². The predicted molar refractivity (Wildman–Crippen MR) is 123 cm³/mol. The maximum atomic E-state index is 13.8. The van der Waals surface area contributed by atoms with Crippen molar-refractivity contribution in [3.05, 3.63) is 52.4 Å². The lowest BCUT2D eigenvalue weighted by molar-refractivity contribution is -0.183. The summed E-state index contributed by atoms with van der Waals surface area (Å²) in [4.78, 5) is 16.8. The molecule has 2 fully saturated rings. The van der Waals surface area contributed by atoms with Gasteiger partial charge in [-0.25, -0.2) is 0 Å². The van der Waals surface area contributed by atoms with Gasteiger partial charge >= 0.3 is 6.18 Å². The van der Waals surface area contributed by atoms with E-state index in [-0.39, 0.29) is 17.2 Å². The molecular formula is C24H28F3N5O2. The molecule has 4 heterocycles. The number of anilines is 2. The van der Waals surface area contributed by atoms with E-state index in [1.807, 2.05) is 10.7 Å². The lowest BCUT2D eigenvalue weighted by Crippen LogP contribution is -2.36. The molecule has 7 nitrogen and oxygen atoms in total. The van der Waals surface area contributed by atoms with E-state index in [1.165, 1.54) is 17.0 Å². The Bertz CT molecular complexity index is 1200. The van der Waals surface area contributed by atoms with Gasteiger partial charge < -0.3 is 15.0 Å². The number of hydrogen-bond donors (Lipinski definition) is 2.